The van der Waals surface area contributed by atoms with E-state index < -0.39 is 0 Å². The number of H-pyrrole nitrogens is 1. The van der Waals surface area contributed by atoms with Gasteiger partial charge in [0.25, 0.3) is 0 Å². The van der Waals surface area contributed by atoms with E-state index in [4.69, 9.17) is 5.73 Å². The molecular formula is C12H18N4OS2. The van der Waals surface area contributed by atoms with E-state index in [2.05, 4.69) is 35.5 Å². The summed E-state index contributed by atoms with van der Waals surface area (Å²) >= 11 is 3.25. The van der Waals surface area contributed by atoms with Gasteiger partial charge in [-0.3, -0.25) is 4.57 Å². The fraction of sp³-hybridized carbons (Fsp3) is 0.500. The molecule has 2 rings (SSSR count). The highest BCUT2D eigenvalue weighted by molar-refractivity contribution is 7.99. The zero-order valence-electron chi connectivity index (χ0n) is 11.2. The Hall–Kier alpha value is -1.05. The number of nitrogens with one attached hydrogen (secondary N) is 1. The van der Waals surface area contributed by atoms with Gasteiger partial charge in [-0.2, -0.15) is 0 Å². The summed E-state index contributed by atoms with van der Waals surface area (Å²) in [7, 11) is 1.71. The van der Waals surface area contributed by atoms with Crippen molar-refractivity contribution in [2.24, 2.45) is 12.8 Å². The van der Waals surface area contributed by atoms with E-state index in [1.807, 2.05) is 0 Å². The summed E-state index contributed by atoms with van der Waals surface area (Å²) in [6, 6.07) is 2.13. The Bertz CT molecular complexity index is 601. The molecule has 0 saturated carbocycles. The first-order chi connectivity index (χ1) is 9.04. The molecule has 0 aliphatic heterocycles. The van der Waals surface area contributed by atoms with Crippen LogP contribution in [0.3, 0.4) is 0 Å². The zero-order valence-corrected chi connectivity index (χ0v) is 12.8. The quantitative estimate of drug-likeness (QED) is 0.828. The van der Waals surface area contributed by atoms with Crippen molar-refractivity contribution in [1.29, 1.82) is 0 Å². The number of rotatable bonds is 5. The Kier molecular flexibility index (Phi) is 4.49. The van der Waals surface area contributed by atoms with Crippen molar-refractivity contribution in [1.82, 2.24) is 14.8 Å². The number of aromatic nitrogens is 3. The van der Waals surface area contributed by atoms with Crippen LogP contribution < -0.4 is 11.4 Å². The van der Waals surface area contributed by atoms with Gasteiger partial charge in [0.2, 0.25) is 0 Å². The molecular weight excluding hydrogens is 280 g/mol. The van der Waals surface area contributed by atoms with Crippen LogP contribution in [0.1, 0.15) is 29.0 Å². The smallest absolute Gasteiger partial charge is 0.326 e. The maximum atomic E-state index is 11.4. The minimum atomic E-state index is -0.200. The highest BCUT2D eigenvalue weighted by atomic mass is 32.2. The van der Waals surface area contributed by atoms with Crippen LogP contribution in [-0.4, -0.2) is 20.8 Å². The van der Waals surface area contributed by atoms with Crippen molar-refractivity contribution in [3.05, 3.63) is 32.4 Å². The van der Waals surface area contributed by atoms with Crippen LogP contribution in [0, 0.1) is 6.92 Å². The summed E-state index contributed by atoms with van der Waals surface area (Å²) in [6.07, 6.45) is 0.882. The summed E-state index contributed by atoms with van der Waals surface area (Å²) < 4.78 is 1.52. The average Bonchev–Trinajstić information content (AvgIpc) is 2.95. The number of aryl methyl sites for hydroxylation is 1. The minimum absolute atomic E-state index is 0.0363. The number of hydrogen-bond donors (Lipinski definition) is 2. The van der Waals surface area contributed by atoms with Crippen LogP contribution in [0.4, 0.5) is 0 Å². The van der Waals surface area contributed by atoms with Gasteiger partial charge in [0.05, 0.1) is 5.25 Å². The molecule has 3 N–H and O–H groups in total. The highest BCUT2D eigenvalue weighted by Gasteiger charge is 2.24. The molecule has 0 aliphatic carbocycles. The van der Waals surface area contributed by atoms with Gasteiger partial charge in [0.1, 0.15) is 0 Å². The third-order valence-electron chi connectivity index (χ3n) is 3.09. The molecule has 0 aromatic carbocycles. The van der Waals surface area contributed by atoms with Gasteiger partial charge in [-0.25, -0.2) is 9.89 Å². The molecule has 2 aromatic rings. The van der Waals surface area contributed by atoms with E-state index in [9.17, 15) is 4.79 Å². The molecule has 104 valence electrons. The molecule has 0 radical (unpaired) electrons. The highest BCUT2D eigenvalue weighted by Crippen LogP contribution is 2.40. The fourth-order valence-corrected chi connectivity index (χ4v) is 4.30. The van der Waals surface area contributed by atoms with Crippen molar-refractivity contribution in [3.63, 3.8) is 0 Å². The number of hydrogen-bond acceptors (Lipinski definition) is 5. The molecule has 2 unspecified atom stereocenters. The van der Waals surface area contributed by atoms with E-state index >= 15 is 0 Å². The van der Waals surface area contributed by atoms with E-state index in [1.165, 1.54) is 15.0 Å². The van der Waals surface area contributed by atoms with Crippen LogP contribution in [0.15, 0.2) is 21.4 Å². The monoisotopic (exact) mass is 298 g/mol. The summed E-state index contributed by atoms with van der Waals surface area (Å²) in [4.78, 5) is 12.7. The first-order valence-corrected chi connectivity index (χ1v) is 7.88. The summed E-state index contributed by atoms with van der Waals surface area (Å²) in [5, 5.41) is 9.38. The van der Waals surface area contributed by atoms with Gasteiger partial charge in [-0.1, -0.05) is 18.7 Å². The predicted molar refractivity (Wildman–Crippen MR) is 79.7 cm³/mol. The lowest BCUT2D eigenvalue weighted by Gasteiger charge is -2.21. The molecule has 7 heteroatoms. The molecule has 0 spiro atoms. The van der Waals surface area contributed by atoms with Gasteiger partial charge in [-0.05, 0) is 30.4 Å². The molecule has 5 nitrogen and oxygen atoms in total. The number of thiophene rings is 1. The standard InChI is InChI=1S/C12H18N4OS2/c1-4-8(13)10(9-7(2)5-6-18-9)19-12-15-14-11(17)16(12)3/h5-6,8,10H,4,13H2,1-3H3,(H,14,17). The lowest BCUT2D eigenvalue weighted by molar-refractivity contribution is 0.634. The van der Waals surface area contributed by atoms with Crippen LogP contribution in [0.25, 0.3) is 0 Å². The second-order valence-electron chi connectivity index (χ2n) is 4.45. The van der Waals surface area contributed by atoms with Crippen LogP contribution >= 0.6 is 23.1 Å². The summed E-state index contributed by atoms with van der Waals surface area (Å²) in [5.74, 6) is 0. The van der Waals surface area contributed by atoms with E-state index in [-0.39, 0.29) is 17.0 Å². The van der Waals surface area contributed by atoms with Crippen molar-refractivity contribution >= 4 is 23.1 Å². The second kappa shape index (κ2) is 5.94. The van der Waals surface area contributed by atoms with Crippen LogP contribution in [0.2, 0.25) is 0 Å². The molecule has 19 heavy (non-hydrogen) atoms. The number of nitrogens with zero attached hydrogens (tertiary/aromatic N) is 2. The Morgan fingerprint density at radius 2 is 2.37 bits per heavy atom. The largest absolute Gasteiger partial charge is 0.343 e. The summed E-state index contributed by atoms with van der Waals surface area (Å²) in [5.41, 5.74) is 7.29. The zero-order chi connectivity index (χ0) is 14.0. The number of thioether (sulfide) groups is 1. The van der Waals surface area contributed by atoms with Gasteiger partial charge < -0.3 is 5.73 Å². The molecule has 0 fully saturated rings. The van der Waals surface area contributed by atoms with Crippen LogP contribution in [0.5, 0.6) is 0 Å². The maximum absolute atomic E-state index is 11.4. The Labute approximate surface area is 120 Å². The minimum Gasteiger partial charge on any atom is -0.326 e. The SMILES string of the molecule is CCC(N)C(Sc1n[nH]c(=O)n1C)c1sccc1C. The molecule has 2 heterocycles. The number of aromatic amines is 1. The van der Waals surface area contributed by atoms with Crippen molar-refractivity contribution in [2.45, 2.75) is 36.7 Å². The first-order valence-electron chi connectivity index (χ1n) is 6.12. The average molecular weight is 298 g/mol. The normalized spacial score (nSPS) is 14.5. The third kappa shape index (κ3) is 2.93. The van der Waals surface area contributed by atoms with E-state index in [1.54, 1.807) is 30.1 Å². The number of nitrogens with two attached hydrogens (primary N) is 1. The third-order valence-corrected chi connectivity index (χ3v) is 5.76. The lowest BCUT2D eigenvalue weighted by atomic mass is 10.1. The molecule has 2 atom stereocenters. The molecule has 0 saturated heterocycles. The predicted octanol–water partition coefficient (Wildman–Crippen LogP) is 2.05. The molecule has 0 amide bonds. The lowest BCUT2D eigenvalue weighted by Crippen LogP contribution is -2.26. The summed E-state index contributed by atoms with van der Waals surface area (Å²) in [6.45, 7) is 4.16. The van der Waals surface area contributed by atoms with Crippen molar-refractivity contribution in [3.8, 4) is 0 Å². The van der Waals surface area contributed by atoms with Crippen molar-refractivity contribution < 1.29 is 0 Å². The Morgan fingerprint density at radius 3 is 2.84 bits per heavy atom. The fourth-order valence-electron chi connectivity index (χ4n) is 1.78. The molecule has 2 aromatic heterocycles. The van der Waals surface area contributed by atoms with E-state index in [0.717, 1.165) is 6.42 Å². The second-order valence-corrected chi connectivity index (χ2v) is 6.51. The first kappa shape index (κ1) is 14.4. The van der Waals surface area contributed by atoms with Gasteiger partial charge >= 0.3 is 5.69 Å². The molecule has 0 bridgehead atoms. The topological polar surface area (TPSA) is 76.7 Å². The van der Waals surface area contributed by atoms with Gasteiger partial charge in [0, 0.05) is 18.0 Å². The van der Waals surface area contributed by atoms with E-state index in [0.29, 0.717) is 5.16 Å². The van der Waals surface area contributed by atoms with Gasteiger partial charge in [-0.15, -0.1) is 16.4 Å². The Balaban J connectivity index is 2.32. The maximum Gasteiger partial charge on any atom is 0.343 e. The molecule has 0 aliphatic rings. The van der Waals surface area contributed by atoms with Crippen molar-refractivity contribution in [2.75, 3.05) is 0 Å². The van der Waals surface area contributed by atoms with Gasteiger partial charge in [0.15, 0.2) is 5.16 Å². The van der Waals surface area contributed by atoms with Crippen LogP contribution in [-0.2, 0) is 7.05 Å². The Morgan fingerprint density at radius 1 is 1.63 bits per heavy atom.